The highest BCUT2D eigenvalue weighted by atomic mass is 16.5. The Labute approximate surface area is 165 Å². The lowest BCUT2D eigenvalue weighted by molar-refractivity contribution is 0.0954. The lowest BCUT2D eigenvalue weighted by atomic mass is 10.1. The van der Waals surface area contributed by atoms with Crippen LogP contribution in [0.3, 0.4) is 0 Å². The number of methoxy groups -OCH3 is 1. The number of rotatable bonds is 8. The molecular weight excluding hydrogens is 350 g/mol. The van der Waals surface area contributed by atoms with Crippen molar-refractivity contribution in [1.29, 1.82) is 0 Å². The minimum atomic E-state index is -0.124. The van der Waals surface area contributed by atoms with Crippen LogP contribution in [0.2, 0.25) is 0 Å². The molecular formula is C23H25N3O2. The summed E-state index contributed by atoms with van der Waals surface area (Å²) in [5.41, 5.74) is 4.13. The Kier molecular flexibility index (Phi) is 6.63. The molecule has 5 nitrogen and oxygen atoms in total. The van der Waals surface area contributed by atoms with E-state index in [1.807, 2.05) is 42.5 Å². The Morgan fingerprint density at radius 1 is 1.07 bits per heavy atom. The van der Waals surface area contributed by atoms with Gasteiger partial charge in [0.15, 0.2) is 0 Å². The third kappa shape index (κ3) is 5.33. The van der Waals surface area contributed by atoms with Gasteiger partial charge in [0.2, 0.25) is 0 Å². The summed E-state index contributed by atoms with van der Waals surface area (Å²) in [5.74, 6) is 1.44. The van der Waals surface area contributed by atoms with E-state index in [1.54, 1.807) is 19.4 Å². The number of nitrogens with zero attached hydrogens (tertiary/aromatic N) is 1. The number of carbonyl (C=O) groups is 1. The van der Waals surface area contributed by atoms with E-state index >= 15 is 0 Å². The van der Waals surface area contributed by atoms with Crippen LogP contribution in [0, 0.1) is 6.92 Å². The van der Waals surface area contributed by atoms with Gasteiger partial charge in [-0.15, -0.1) is 0 Å². The van der Waals surface area contributed by atoms with Crippen molar-refractivity contribution in [3.05, 3.63) is 89.1 Å². The number of anilines is 1. The first-order valence-corrected chi connectivity index (χ1v) is 9.31. The minimum absolute atomic E-state index is 0.124. The number of carbonyl (C=O) groups excluding carboxylic acids is 1. The normalized spacial score (nSPS) is 10.4. The van der Waals surface area contributed by atoms with Crippen molar-refractivity contribution in [3.8, 4) is 5.75 Å². The average molecular weight is 375 g/mol. The molecule has 144 valence electrons. The number of pyridine rings is 1. The highest BCUT2D eigenvalue weighted by Gasteiger charge is 2.06. The predicted octanol–water partition coefficient (Wildman–Crippen LogP) is 3.98. The van der Waals surface area contributed by atoms with Gasteiger partial charge in [-0.05, 0) is 54.3 Å². The van der Waals surface area contributed by atoms with Gasteiger partial charge in [-0.2, -0.15) is 0 Å². The molecule has 3 rings (SSSR count). The molecule has 2 aromatic carbocycles. The van der Waals surface area contributed by atoms with Crippen LogP contribution in [0.15, 0.2) is 66.9 Å². The van der Waals surface area contributed by atoms with Crippen molar-refractivity contribution in [1.82, 2.24) is 10.3 Å². The molecule has 0 aliphatic carbocycles. The van der Waals surface area contributed by atoms with Crippen LogP contribution in [0.1, 0.15) is 27.0 Å². The molecule has 3 aromatic rings. The number of aryl methyl sites for hydroxylation is 1. The molecule has 0 aliphatic heterocycles. The van der Waals surface area contributed by atoms with Crippen molar-refractivity contribution in [2.45, 2.75) is 19.9 Å². The summed E-state index contributed by atoms with van der Waals surface area (Å²) in [4.78, 5) is 16.6. The van der Waals surface area contributed by atoms with E-state index in [1.165, 1.54) is 11.1 Å². The Morgan fingerprint density at radius 3 is 2.68 bits per heavy atom. The molecule has 2 N–H and O–H groups in total. The maximum Gasteiger partial charge on any atom is 0.252 e. The number of hydrogen-bond acceptors (Lipinski definition) is 4. The average Bonchev–Trinajstić information content (AvgIpc) is 2.73. The standard InChI is InChI=1S/C23H25N3O2/c1-17-6-3-4-8-19(17)15-25-22-11-10-20(16-26-22)23(27)24-13-12-18-7-5-9-21(14-18)28-2/h3-11,14,16H,12-13,15H2,1-2H3,(H,24,27)(H,25,26). The smallest absolute Gasteiger partial charge is 0.252 e. The predicted molar refractivity (Wildman–Crippen MR) is 112 cm³/mol. The second-order valence-corrected chi connectivity index (χ2v) is 6.57. The first-order chi connectivity index (χ1) is 13.7. The maximum absolute atomic E-state index is 12.3. The number of aromatic nitrogens is 1. The van der Waals surface area contributed by atoms with Gasteiger partial charge in [0.25, 0.3) is 5.91 Å². The van der Waals surface area contributed by atoms with E-state index < -0.39 is 0 Å². The van der Waals surface area contributed by atoms with E-state index in [9.17, 15) is 4.79 Å². The summed E-state index contributed by atoms with van der Waals surface area (Å²) in [6.45, 7) is 3.34. The van der Waals surface area contributed by atoms with E-state index in [4.69, 9.17) is 4.74 Å². The number of amides is 1. The molecule has 0 bridgehead atoms. The van der Waals surface area contributed by atoms with Gasteiger partial charge < -0.3 is 15.4 Å². The van der Waals surface area contributed by atoms with Crippen LogP contribution in [0.25, 0.3) is 0 Å². The second kappa shape index (κ2) is 9.55. The molecule has 1 heterocycles. The van der Waals surface area contributed by atoms with Gasteiger partial charge in [0, 0.05) is 19.3 Å². The molecule has 0 saturated carbocycles. The zero-order chi connectivity index (χ0) is 19.8. The number of nitrogens with one attached hydrogen (secondary N) is 2. The topological polar surface area (TPSA) is 63.2 Å². The minimum Gasteiger partial charge on any atom is -0.497 e. The van der Waals surface area contributed by atoms with Gasteiger partial charge in [0.1, 0.15) is 11.6 Å². The molecule has 0 fully saturated rings. The van der Waals surface area contributed by atoms with Crippen molar-refractivity contribution in [3.63, 3.8) is 0 Å². The van der Waals surface area contributed by atoms with Crippen molar-refractivity contribution < 1.29 is 9.53 Å². The van der Waals surface area contributed by atoms with Crippen LogP contribution in [-0.2, 0) is 13.0 Å². The lowest BCUT2D eigenvalue weighted by Crippen LogP contribution is -2.25. The molecule has 5 heteroatoms. The van der Waals surface area contributed by atoms with Gasteiger partial charge in [-0.3, -0.25) is 4.79 Å². The third-order valence-electron chi connectivity index (χ3n) is 4.58. The Bertz CT molecular complexity index is 923. The first-order valence-electron chi connectivity index (χ1n) is 9.31. The molecule has 0 spiro atoms. The number of hydrogen-bond donors (Lipinski definition) is 2. The molecule has 0 unspecified atom stereocenters. The molecule has 1 amide bonds. The van der Waals surface area contributed by atoms with Gasteiger partial charge >= 0.3 is 0 Å². The van der Waals surface area contributed by atoms with Crippen LogP contribution in [0.5, 0.6) is 5.75 Å². The summed E-state index contributed by atoms with van der Waals surface area (Å²) < 4.78 is 5.22. The summed E-state index contributed by atoms with van der Waals surface area (Å²) in [6.07, 6.45) is 2.34. The first kappa shape index (κ1) is 19.4. The van der Waals surface area contributed by atoms with Gasteiger partial charge in [-0.1, -0.05) is 36.4 Å². The Morgan fingerprint density at radius 2 is 1.93 bits per heavy atom. The summed E-state index contributed by atoms with van der Waals surface area (Å²) in [7, 11) is 1.65. The van der Waals surface area contributed by atoms with Crippen LogP contribution in [-0.4, -0.2) is 24.5 Å². The molecule has 0 saturated heterocycles. The highest BCUT2D eigenvalue weighted by molar-refractivity contribution is 5.94. The number of ether oxygens (including phenoxy) is 1. The van der Waals surface area contributed by atoms with Crippen LogP contribution in [0.4, 0.5) is 5.82 Å². The van der Waals surface area contributed by atoms with E-state index in [2.05, 4.69) is 34.7 Å². The van der Waals surface area contributed by atoms with Crippen molar-refractivity contribution in [2.24, 2.45) is 0 Å². The van der Waals surface area contributed by atoms with Crippen LogP contribution >= 0.6 is 0 Å². The fourth-order valence-electron chi connectivity index (χ4n) is 2.88. The fourth-order valence-corrected chi connectivity index (χ4v) is 2.88. The zero-order valence-electron chi connectivity index (χ0n) is 16.2. The fraction of sp³-hybridized carbons (Fsp3) is 0.217. The van der Waals surface area contributed by atoms with Crippen molar-refractivity contribution in [2.75, 3.05) is 19.0 Å². The Hall–Kier alpha value is -3.34. The molecule has 0 radical (unpaired) electrons. The monoisotopic (exact) mass is 375 g/mol. The number of benzene rings is 2. The summed E-state index contributed by atoms with van der Waals surface area (Å²) >= 11 is 0. The lowest BCUT2D eigenvalue weighted by Gasteiger charge is -2.09. The van der Waals surface area contributed by atoms with Gasteiger partial charge in [-0.25, -0.2) is 4.98 Å². The third-order valence-corrected chi connectivity index (χ3v) is 4.58. The highest BCUT2D eigenvalue weighted by Crippen LogP contribution is 2.13. The van der Waals surface area contributed by atoms with Crippen molar-refractivity contribution >= 4 is 11.7 Å². The summed E-state index contributed by atoms with van der Waals surface area (Å²) in [6, 6.07) is 19.7. The molecule has 0 aliphatic rings. The molecule has 1 aromatic heterocycles. The largest absolute Gasteiger partial charge is 0.497 e. The zero-order valence-corrected chi connectivity index (χ0v) is 16.2. The second-order valence-electron chi connectivity index (χ2n) is 6.57. The maximum atomic E-state index is 12.3. The molecule has 0 atom stereocenters. The quantitative estimate of drug-likeness (QED) is 0.625. The SMILES string of the molecule is COc1cccc(CCNC(=O)c2ccc(NCc3ccccc3C)nc2)c1. The van der Waals surface area contributed by atoms with Crippen LogP contribution < -0.4 is 15.4 Å². The Balaban J connectivity index is 1.48. The molecule has 28 heavy (non-hydrogen) atoms. The van der Waals surface area contributed by atoms with E-state index in [0.29, 0.717) is 18.7 Å². The van der Waals surface area contributed by atoms with E-state index in [0.717, 1.165) is 23.6 Å². The van der Waals surface area contributed by atoms with E-state index in [-0.39, 0.29) is 5.91 Å². The summed E-state index contributed by atoms with van der Waals surface area (Å²) in [5, 5.41) is 6.22. The van der Waals surface area contributed by atoms with Gasteiger partial charge in [0.05, 0.1) is 12.7 Å².